The van der Waals surface area contributed by atoms with E-state index in [4.69, 9.17) is 4.74 Å². The summed E-state index contributed by atoms with van der Waals surface area (Å²) in [5, 5.41) is 0. The maximum atomic E-state index is 14.6. The molecule has 0 amide bonds. The lowest BCUT2D eigenvalue weighted by Gasteiger charge is -2.28. The van der Waals surface area contributed by atoms with Crippen molar-refractivity contribution in [2.75, 3.05) is 0 Å². The minimum atomic E-state index is -4.92. The van der Waals surface area contributed by atoms with Gasteiger partial charge in [-0.3, -0.25) is 0 Å². The molecule has 2 nitrogen and oxygen atoms in total. The topological polar surface area (TPSA) is 26.3 Å². The molecule has 8 heteroatoms. The van der Waals surface area contributed by atoms with Crippen LogP contribution in [0.3, 0.4) is 0 Å². The Morgan fingerprint density at radius 1 is 0.968 bits per heavy atom. The summed E-state index contributed by atoms with van der Waals surface area (Å²) in [4.78, 5) is 12.2. The van der Waals surface area contributed by atoms with E-state index in [1.807, 2.05) is 0 Å². The van der Waals surface area contributed by atoms with Gasteiger partial charge in [0, 0.05) is 6.07 Å². The minimum absolute atomic E-state index is 0.00816. The summed E-state index contributed by atoms with van der Waals surface area (Å²) < 4.78 is 85.3. The molecule has 1 saturated carbocycles. The van der Waals surface area contributed by atoms with E-state index in [1.54, 1.807) is 0 Å². The fourth-order valence-corrected chi connectivity index (χ4v) is 4.16. The van der Waals surface area contributed by atoms with Crippen LogP contribution in [0.15, 0.2) is 30.3 Å². The molecule has 0 spiro atoms. The van der Waals surface area contributed by atoms with Gasteiger partial charge in [0.05, 0.1) is 5.56 Å². The summed E-state index contributed by atoms with van der Waals surface area (Å²) >= 11 is 0. The second kappa shape index (κ2) is 9.32. The molecule has 1 aliphatic rings. The van der Waals surface area contributed by atoms with Gasteiger partial charge >= 0.3 is 12.1 Å². The molecule has 31 heavy (non-hydrogen) atoms. The first-order chi connectivity index (χ1) is 14.6. The summed E-state index contributed by atoms with van der Waals surface area (Å²) in [5.41, 5.74) is -2.05. The van der Waals surface area contributed by atoms with Gasteiger partial charge in [-0.15, -0.1) is 0 Å². The van der Waals surface area contributed by atoms with Crippen LogP contribution in [-0.2, 0) is 6.18 Å². The highest BCUT2D eigenvalue weighted by molar-refractivity contribution is 5.91. The van der Waals surface area contributed by atoms with E-state index in [1.165, 1.54) is 0 Å². The second-order valence-electron chi connectivity index (χ2n) is 7.89. The third kappa shape index (κ3) is 5.40. The van der Waals surface area contributed by atoms with E-state index in [9.17, 15) is 31.1 Å². The van der Waals surface area contributed by atoms with Crippen LogP contribution in [-0.4, -0.2) is 5.97 Å². The van der Waals surface area contributed by atoms with Crippen LogP contribution in [0.1, 0.15) is 72.9 Å². The summed E-state index contributed by atoms with van der Waals surface area (Å²) in [5.74, 6) is -5.33. The van der Waals surface area contributed by atoms with Crippen LogP contribution in [0.4, 0.5) is 26.3 Å². The minimum Gasteiger partial charge on any atom is -0.423 e. The number of carbonyl (C=O) groups excluding carboxylic acids is 1. The smallest absolute Gasteiger partial charge is 0.419 e. The Labute approximate surface area is 176 Å². The van der Waals surface area contributed by atoms with Crippen molar-refractivity contribution >= 4 is 5.97 Å². The van der Waals surface area contributed by atoms with Crippen LogP contribution in [0.5, 0.6) is 5.75 Å². The molecular weight excluding hydrogens is 422 g/mol. The predicted molar refractivity (Wildman–Crippen MR) is 102 cm³/mol. The number of rotatable bonds is 5. The zero-order chi connectivity index (χ0) is 22.8. The molecule has 168 valence electrons. The Morgan fingerprint density at radius 3 is 2.10 bits per heavy atom. The van der Waals surface area contributed by atoms with Gasteiger partial charge in [-0.2, -0.15) is 13.2 Å². The number of halogens is 6. The number of hydrogen-bond donors (Lipinski definition) is 0. The Balaban J connectivity index is 1.75. The number of hydrogen-bond acceptors (Lipinski definition) is 2. The molecule has 0 N–H and O–H groups in total. The first kappa shape index (κ1) is 23.2. The highest BCUT2D eigenvalue weighted by Crippen LogP contribution is 2.38. The number of ether oxygens (including phenoxy) is 1. The number of alkyl halides is 3. The molecule has 0 atom stereocenters. The fourth-order valence-electron chi connectivity index (χ4n) is 4.16. The molecule has 2 aromatic rings. The maximum Gasteiger partial charge on any atom is 0.419 e. The summed E-state index contributed by atoms with van der Waals surface area (Å²) in [6.45, 7) is 2.12. The Hall–Kier alpha value is -2.51. The van der Waals surface area contributed by atoms with Crippen molar-refractivity contribution in [2.45, 2.75) is 57.5 Å². The van der Waals surface area contributed by atoms with E-state index in [2.05, 4.69) is 6.92 Å². The molecule has 0 aliphatic heterocycles. The molecule has 0 radical (unpaired) electrons. The molecular formula is C23H22F6O2. The Bertz CT molecular complexity index is 923. The molecule has 0 bridgehead atoms. The van der Waals surface area contributed by atoms with Crippen molar-refractivity contribution in [3.63, 3.8) is 0 Å². The average Bonchev–Trinajstić information content (AvgIpc) is 2.67. The van der Waals surface area contributed by atoms with E-state index < -0.39 is 46.5 Å². The summed E-state index contributed by atoms with van der Waals surface area (Å²) in [6.07, 6.45) is 0.867. The molecule has 1 aliphatic carbocycles. The van der Waals surface area contributed by atoms with Gasteiger partial charge in [0.15, 0.2) is 0 Å². The van der Waals surface area contributed by atoms with Gasteiger partial charge < -0.3 is 4.74 Å². The SMILES string of the molecule is CCCC1CCC(c2cc(F)c(C(=O)Oc3ccc(C(F)(F)F)c(F)c3)c(F)c2)CC1. The first-order valence-corrected chi connectivity index (χ1v) is 10.2. The van der Waals surface area contributed by atoms with Gasteiger partial charge in [0.2, 0.25) is 0 Å². The lowest BCUT2D eigenvalue weighted by molar-refractivity contribution is -0.140. The van der Waals surface area contributed by atoms with Gasteiger partial charge in [0.25, 0.3) is 0 Å². The molecule has 0 unspecified atom stereocenters. The highest BCUT2D eigenvalue weighted by Gasteiger charge is 2.34. The zero-order valence-corrected chi connectivity index (χ0v) is 16.9. The standard InChI is InChI=1S/C23H22F6O2/c1-2-3-13-4-6-14(7-5-13)15-10-19(25)21(20(26)11-15)22(30)31-16-8-9-17(18(24)12-16)23(27,28)29/h8-14H,2-7H2,1H3. The third-order valence-corrected chi connectivity index (χ3v) is 5.74. The highest BCUT2D eigenvalue weighted by atomic mass is 19.4. The average molecular weight is 444 g/mol. The first-order valence-electron chi connectivity index (χ1n) is 10.2. The van der Waals surface area contributed by atoms with Crippen LogP contribution in [0, 0.1) is 23.4 Å². The van der Waals surface area contributed by atoms with Gasteiger partial charge in [-0.25, -0.2) is 18.0 Å². The van der Waals surface area contributed by atoms with E-state index in [0.29, 0.717) is 29.7 Å². The van der Waals surface area contributed by atoms with Gasteiger partial charge in [-0.1, -0.05) is 19.8 Å². The molecule has 0 saturated heterocycles. The molecule has 1 fully saturated rings. The molecule has 0 heterocycles. The zero-order valence-electron chi connectivity index (χ0n) is 16.9. The lowest BCUT2D eigenvalue weighted by atomic mass is 9.77. The van der Waals surface area contributed by atoms with E-state index in [0.717, 1.165) is 50.7 Å². The number of carbonyl (C=O) groups is 1. The number of benzene rings is 2. The molecule has 2 aromatic carbocycles. The van der Waals surface area contributed by atoms with Crippen LogP contribution < -0.4 is 4.74 Å². The predicted octanol–water partition coefficient (Wildman–Crippen LogP) is 7.42. The van der Waals surface area contributed by atoms with Crippen molar-refractivity contribution in [1.82, 2.24) is 0 Å². The van der Waals surface area contributed by atoms with Crippen molar-refractivity contribution in [2.24, 2.45) is 5.92 Å². The van der Waals surface area contributed by atoms with Gasteiger partial charge in [0.1, 0.15) is 28.8 Å². The largest absolute Gasteiger partial charge is 0.423 e. The Kier molecular flexibility index (Phi) is 6.96. The van der Waals surface area contributed by atoms with Crippen molar-refractivity contribution in [1.29, 1.82) is 0 Å². The van der Waals surface area contributed by atoms with Crippen LogP contribution in [0.25, 0.3) is 0 Å². The third-order valence-electron chi connectivity index (χ3n) is 5.74. The molecule has 3 rings (SSSR count). The van der Waals surface area contributed by atoms with E-state index >= 15 is 0 Å². The second-order valence-corrected chi connectivity index (χ2v) is 7.89. The van der Waals surface area contributed by atoms with Crippen molar-refractivity contribution in [3.8, 4) is 5.75 Å². The van der Waals surface area contributed by atoms with Gasteiger partial charge in [-0.05, 0) is 67.3 Å². The molecule has 0 aromatic heterocycles. The van der Waals surface area contributed by atoms with Crippen LogP contribution >= 0.6 is 0 Å². The normalized spacial score (nSPS) is 19.3. The summed E-state index contributed by atoms with van der Waals surface area (Å²) in [7, 11) is 0. The number of esters is 1. The van der Waals surface area contributed by atoms with Crippen LogP contribution in [0.2, 0.25) is 0 Å². The van der Waals surface area contributed by atoms with E-state index in [-0.39, 0.29) is 5.92 Å². The monoisotopic (exact) mass is 444 g/mol. The van der Waals surface area contributed by atoms with Crippen molar-refractivity contribution in [3.05, 3.63) is 64.5 Å². The Morgan fingerprint density at radius 2 is 1.58 bits per heavy atom. The quantitative estimate of drug-likeness (QED) is 0.273. The maximum absolute atomic E-state index is 14.6. The van der Waals surface area contributed by atoms with Crippen molar-refractivity contribution < 1.29 is 35.9 Å². The lowest BCUT2D eigenvalue weighted by Crippen LogP contribution is -2.17. The summed E-state index contributed by atoms with van der Waals surface area (Å²) in [6, 6.07) is 3.64. The fraction of sp³-hybridized carbons (Fsp3) is 0.435.